The topological polar surface area (TPSA) is 42.2 Å². The Balaban J connectivity index is 1.84. The maximum absolute atomic E-state index is 5.48. The maximum atomic E-state index is 5.48. The Bertz CT molecular complexity index is 774. The summed E-state index contributed by atoms with van der Waals surface area (Å²) in [5, 5.41) is 1.12. The Labute approximate surface area is 129 Å². The molecule has 112 valence electrons. The van der Waals surface area contributed by atoms with E-state index in [0.717, 1.165) is 41.5 Å². The lowest BCUT2D eigenvalue weighted by molar-refractivity contribution is 0.437. The average molecular weight is 293 g/mol. The molecule has 3 aromatic rings. The standard InChI is InChI=1S/C18H19N3O/c1-13-8-10-21(11-9-13)18-14-5-2-3-6-15(14)19-17(20-18)16-7-4-12-22-16/h2-7,12-13H,8-11H2,1H3. The van der Waals surface area contributed by atoms with Crippen LogP contribution in [0.4, 0.5) is 5.82 Å². The highest BCUT2D eigenvalue weighted by molar-refractivity contribution is 5.90. The Morgan fingerprint density at radius 2 is 1.86 bits per heavy atom. The Hall–Kier alpha value is -2.36. The van der Waals surface area contributed by atoms with E-state index in [9.17, 15) is 0 Å². The van der Waals surface area contributed by atoms with Crippen molar-refractivity contribution in [1.29, 1.82) is 0 Å². The van der Waals surface area contributed by atoms with Crippen molar-refractivity contribution in [1.82, 2.24) is 9.97 Å². The van der Waals surface area contributed by atoms with Crippen LogP contribution >= 0.6 is 0 Å². The van der Waals surface area contributed by atoms with Crippen LogP contribution in [-0.4, -0.2) is 23.1 Å². The molecule has 1 aromatic carbocycles. The molecular formula is C18H19N3O. The van der Waals surface area contributed by atoms with Crippen LogP contribution in [-0.2, 0) is 0 Å². The number of hydrogen-bond acceptors (Lipinski definition) is 4. The van der Waals surface area contributed by atoms with Crippen LogP contribution in [0.1, 0.15) is 19.8 Å². The van der Waals surface area contributed by atoms with Gasteiger partial charge in [-0.2, -0.15) is 0 Å². The normalized spacial score (nSPS) is 16.3. The molecule has 0 atom stereocenters. The van der Waals surface area contributed by atoms with Gasteiger partial charge < -0.3 is 9.32 Å². The Morgan fingerprint density at radius 1 is 1.05 bits per heavy atom. The highest BCUT2D eigenvalue weighted by Gasteiger charge is 2.20. The number of anilines is 1. The van der Waals surface area contributed by atoms with Crippen molar-refractivity contribution in [2.45, 2.75) is 19.8 Å². The van der Waals surface area contributed by atoms with E-state index in [1.54, 1.807) is 6.26 Å². The third-order valence-corrected chi connectivity index (χ3v) is 4.41. The summed E-state index contributed by atoms with van der Waals surface area (Å²) in [7, 11) is 0. The van der Waals surface area contributed by atoms with Crippen molar-refractivity contribution < 1.29 is 4.42 Å². The third-order valence-electron chi connectivity index (χ3n) is 4.41. The first-order chi connectivity index (χ1) is 10.8. The Morgan fingerprint density at radius 3 is 2.64 bits per heavy atom. The summed E-state index contributed by atoms with van der Waals surface area (Å²) < 4.78 is 5.48. The first-order valence-corrected chi connectivity index (χ1v) is 7.87. The van der Waals surface area contributed by atoms with Gasteiger partial charge in [-0.25, -0.2) is 9.97 Å². The molecule has 2 aromatic heterocycles. The number of benzene rings is 1. The van der Waals surface area contributed by atoms with E-state index in [2.05, 4.69) is 22.9 Å². The van der Waals surface area contributed by atoms with Crippen molar-refractivity contribution in [3.05, 3.63) is 42.7 Å². The van der Waals surface area contributed by atoms with Gasteiger partial charge in [-0.05, 0) is 43.0 Å². The van der Waals surface area contributed by atoms with Gasteiger partial charge in [-0.15, -0.1) is 0 Å². The van der Waals surface area contributed by atoms with E-state index in [1.165, 1.54) is 12.8 Å². The second-order valence-corrected chi connectivity index (χ2v) is 6.03. The molecule has 1 fully saturated rings. The minimum absolute atomic E-state index is 0.664. The van der Waals surface area contributed by atoms with Crippen LogP contribution in [0.5, 0.6) is 0 Å². The highest BCUT2D eigenvalue weighted by Crippen LogP contribution is 2.30. The number of nitrogens with zero attached hydrogens (tertiary/aromatic N) is 3. The minimum Gasteiger partial charge on any atom is -0.461 e. The number of hydrogen-bond donors (Lipinski definition) is 0. The van der Waals surface area contributed by atoms with E-state index in [4.69, 9.17) is 9.40 Å². The smallest absolute Gasteiger partial charge is 0.198 e. The van der Waals surface area contributed by atoms with Crippen molar-refractivity contribution in [3.63, 3.8) is 0 Å². The van der Waals surface area contributed by atoms with Crippen molar-refractivity contribution in [2.75, 3.05) is 18.0 Å². The molecule has 0 radical (unpaired) electrons. The predicted octanol–water partition coefficient (Wildman–Crippen LogP) is 4.13. The molecule has 0 N–H and O–H groups in total. The molecule has 4 nitrogen and oxygen atoms in total. The summed E-state index contributed by atoms with van der Waals surface area (Å²) in [5.41, 5.74) is 0.970. The number of fused-ring (bicyclic) bond motifs is 1. The molecule has 0 unspecified atom stereocenters. The second kappa shape index (κ2) is 5.44. The zero-order valence-corrected chi connectivity index (χ0v) is 12.7. The average Bonchev–Trinajstić information content (AvgIpc) is 3.09. The van der Waals surface area contributed by atoms with Gasteiger partial charge >= 0.3 is 0 Å². The maximum Gasteiger partial charge on any atom is 0.198 e. The number of rotatable bonds is 2. The highest BCUT2D eigenvalue weighted by atomic mass is 16.3. The third kappa shape index (κ3) is 2.34. The van der Waals surface area contributed by atoms with Crippen LogP contribution < -0.4 is 4.90 Å². The van der Waals surface area contributed by atoms with Crippen molar-refractivity contribution >= 4 is 16.7 Å². The summed E-state index contributed by atoms with van der Waals surface area (Å²) in [4.78, 5) is 11.9. The fraction of sp³-hybridized carbons (Fsp3) is 0.333. The molecule has 1 aliphatic rings. The number of para-hydroxylation sites is 1. The summed E-state index contributed by atoms with van der Waals surface area (Å²) in [5.74, 6) is 3.22. The molecule has 0 spiro atoms. The first-order valence-electron chi connectivity index (χ1n) is 7.87. The van der Waals surface area contributed by atoms with Crippen LogP contribution in [0.3, 0.4) is 0 Å². The van der Waals surface area contributed by atoms with Crippen LogP contribution in [0.15, 0.2) is 47.1 Å². The second-order valence-electron chi connectivity index (χ2n) is 6.03. The van der Waals surface area contributed by atoms with Gasteiger partial charge in [0, 0.05) is 18.5 Å². The summed E-state index contributed by atoms with van der Waals surface area (Å²) >= 11 is 0. The lowest BCUT2D eigenvalue weighted by Crippen LogP contribution is -2.33. The zero-order valence-electron chi connectivity index (χ0n) is 12.7. The van der Waals surface area contributed by atoms with E-state index in [1.807, 2.05) is 30.3 Å². The summed E-state index contributed by atoms with van der Waals surface area (Å²) in [6.45, 7) is 4.43. The molecule has 4 rings (SSSR count). The van der Waals surface area contributed by atoms with Gasteiger partial charge in [0.25, 0.3) is 0 Å². The fourth-order valence-corrected chi connectivity index (χ4v) is 3.04. The lowest BCUT2D eigenvalue weighted by atomic mass is 9.99. The van der Waals surface area contributed by atoms with E-state index >= 15 is 0 Å². The Kier molecular flexibility index (Phi) is 3.29. The van der Waals surface area contributed by atoms with Gasteiger partial charge in [-0.3, -0.25) is 0 Å². The van der Waals surface area contributed by atoms with Crippen LogP contribution in [0.2, 0.25) is 0 Å². The molecule has 0 aliphatic carbocycles. The SMILES string of the molecule is CC1CCN(c2nc(-c3ccco3)nc3ccccc23)CC1. The molecule has 4 heteroatoms. The lowest BCUT2D eigenvalue weighted by Gasteiger charge is -2.32. The molecule has 0 saturated carbocycles. The molecule has 0 amide bonds. The van der Waals surface area contributed by atoms with Gasteiger partial charge in [0.1, 0.15) is 5.82 Å². The van der Waals surface area contributed by atoms with Crippen molar-refractivity contribution in [3.8, 4) is 11.6 Å². The monoisotopic (exact) mass is 293 g/mol. The predicted molar refractivity (Wildman–Crippen MR) is 87.9 cm³/mol. The fourth-order valence-electron chi connectivity index (χ4n) is 3.04. The molecule has 1 saturated heterocycles. The number of piperidine rings is 1. The van der Waals surface area contributed by atoms with Gasteiger partial charge in [0.05, 0.1) is 11.8 Å². The van der Waals surface area contributed by atoms with Crippen LogP contribution in [0.25, 0.3) is 22.5 Å². The molecular weight excluding hydrogens is 274 g/mol. The van der Waals surface area contributed by atoms with Gasteiger partial charge in [0.2, 0.25) is 0 Å². The minimum atomic E-state index is 0.664. The van der Waals surface area contributed by atoms with E-state index in [0.29, 0.717) is 5.82 Å². The van der Waals surface area contributed by atoms with Crippen LogP contribution in [0, 0.1) is 5.92 Å². The zero-order chi connectivity index (χ0) is 14.9. The van der Waals surface area contributed by atoms with E-state index in [-0.39, 0.29) is 0 Å². The first kappa shape index (κ1) is 13.3. The molecule has 1 aliphatic heterocycles. The summed E-state index contributed by atoms with van der Waals surface area (Å²) in [6.07, 6.45) is 4.10. The van der Waals surface area contributed by atoms with Gasteiger partial charge in [0.15, 0.2) is 11.6 Å². The van der Waals surface area contributed by atoms with E-state index < -0.39 is 0 Å². The molecule has 3 heterocycles. The van der Waals surface area contributed by atoms with Gasteiger partial charge in [-0.1, -0.05) is 19.1 Å². The van der Waals surface area contributed by atoms with Crippen molar-refractivity contribution in [2.24, 2.45) is 5.92 Å². The molecule has 22 heavy (non-hydrogen) atoms. The number of aromatic nitrogens is 2. The summed E-state index contributed by atoms with van der Waals surface area (Å²) in [6, 6.07) is 12.0. The molecule has 0 bridgehead atoms. The number of furan rings is 1. The quantitative estimate of drug-likeness (QED) is 0.712. The largest absolute Gasteiger partial charge is 0.461 e.